The monoisotopic (exact) mass is 384 g/mol. The minimum absolute atomic E-state index is 0.0242. The molecule has 144 valence electrons. The summed E-state index contributed by atoms with van der Waals surface area (Å²) in [6.45, 7) is 4.81. The van der Waals surface area contributed by atoms with E-state index in [1.54, 1.807) is 11.3 Å². The number of thiazole rings is 1. The molecule has 27 heavy (non-hydrogen) atoms. The second kappa shape index (κ2) is 8.95. The number of likely N-dealkylation sites (tertiary alicyclic amines) is 1. The molecule has 1 amide bonds. The lowest BCUT2D eigenvalue weighted by Crippen LogP contribution is -2.45. The van der Waals surface area contributed by atoms with Gasteiger partial charge in [-0.1, -0.05) is 30.3 Å². The maximum atomic E-state index is 12.2. The Balaban J connectivity index is 1.27. The molecule has 2 fully saturated rings. The third kappa shape index (κ3) is 4.94. The minimum atomic E-state index is 0.0242. The number of hydrogen-bond donors (Lipinski definition) is 2. The molecular weight excluding hydrogens is 356 g/mol. The summed E-state index contributed by atoms with van der Waals surface area (Å²) >= 11 is 1.72. The van der Waals surface area contributed by atoms with Crippen LogP contribution in [0.2, 0.25) is 0 Å². The molecule has 2 unspecified atom stereocenters. The number of carbonyl (C=O) groups excluding carboxylic acids is 1. The molecule has 6 heteroatoms. The van der Waals surface area contributed by atoms with Crippen molar-refractivity contribution in [3.63, 3.8) is 0 Å². The van der Waals surface area contributed by atoms with Gasteiger partial charge in [0.1, 0.15) is 5.01 Å². The van der Waals surface area contributed by atoms with E-state index in [9.17, 15) is 4.79 Å². The van der Waals surface area contributed by atoms with Crippen LogP contribution >= 0.6 is 11.3 Å². The summed E-state index contributed by atoms with van der Waals surface area (Å²) < 4.78 is 0. The zero-order valence-electron chi connectivity index (χ0n) is 15.7. The van der Waals surface area contributed by atoms with Crippen molar-refractivity contribution < 1.29 is 4.79 Å². The van der Waals surface area contributed by atoms with Crippen molar-refractivity contribution in [2.75, 3.05) is 26.2 Å². The largest absolute Gasteiger partial charge is 0.354 e. The zero-order valence-corrected chi connectivity index (χ0v) is 16.5. The van der Waals surface area contributed by atoms with E-state index >= 15 is 0 Å². The number of amides is 1. The summed E-state index contributed by atoms with van der Waals surface area (Å²) in [5.41, 5.74) is 2.34. The van der Waals surface area contributed by atoms with Crippen LogP contribution in [0.1, 0.15) is 31.4 Å². The Kier molecular flexibility index (Phi) is 6.17. The molecule has 3 heterocycles. The van der Waals surface area contributed by atoms with E-state index in [1.165, 1.54) is 18.4 Å². The van der Waals surface area contributed by atoms with Gasteiger partial charge in [0.15, 0.2) is 0 Å². The molecule has 5 nitrogen and oxygen atoms in total. The van der Waals surface area contributed by atoms with Gasteiger partial charge in [0.25, 0.3) is 0 Å². The Morgan fingerprint density at radius 1 is 1.26 bits per heavy atom. The predicted molar refractivity (Wildman–Crippen MR) is 110 cm³/mol. The van der Waals surface area contributed by atoms with Gasteiger partial charge in [0, 0.05) is 30.6 Å². The van der Waals surface area contributed by atoms with Crippen LogP contribution in [0, 0.1) is 5.92 Å². The van der Waals surface area contributed by atoms with Crippen LogP contribution in [-0.2, 0) is 11.3 Å². The van der Waals surface area contributed by atoms with Crippen LogP contribution in [-0.4, -0.2) is 48.0 Å². The summed E-state index contributed by atoms with van der Waals surface area (Å²) in [5, 5.41) is 9.71. The van der Waals surface area contributed by atoms with Crippen LogP contribution in [0.3, 0.4) is 0 Å². The van der Waals surface area contributed by atoms with Gasteiger partial charge in [-0.25, -0.2) is 4.98 Å². The molecule has 2 N–H and O–H groups in total. The van der Waals surface area contributed by atoms with E-state index in [-0.39, 0.29) is 11.9 Å². The van der Waals surface area contributed by atoms with Gasteiger partial charge >= 0.3 is 0 Å². The topological polar surface area (TPSA) is 57.3 Å². The SMILES string of the molecule is O=C(NCC1CCCN(Cc2csc(-c3ccccc3)n2)C1)C1CCCN1. The van der Waals surface area contributed by atoms with Crippen molar-refractivity contribution in [3.05, 3.63) is 41.4 Å². The van der Waals surface area contributed by atoms with E-state index in [2.05, 4.69) is 45.2 Å². The molecular formula is C21H28N4OS. The Morgan fingerprint density at radius 2 is 2.15 bits per heavy atom. The number of nitrogens with one attached hydrogen (secondary N) is 2. The van der Waals surface area contributed by atoms with Crippen molar-refractivity contribution >= 4 is 17.2 Å². The molecule has 0 radical (unpaired) electrons. The number of benzene rings is 1. The van der Waals surface area contributed by atoms with E-state index in [0.717, 1.165) is 56.3 Å². The second-order valence-corrected chi connectivity index (χ2v) is 8.51. The van der Waals surface area contributed by atoms with Gasteiger partial charge in [0.2, 0.25) is 5.91 Å². The van der Waals surface area contributed by atoms with Gasteiger partial charge in [-0.15, -0.1) is 11.3 Å². The van der Waals surface area contributed by atoms with Crippen molar-refractivity contribution in [1.29, 1.82) is 0 Å². The maximum Gasteiger partial charge on any atom is 0.237 e. The molecule has 2 aromatic rings. The summed E-state index contributed by atoms with van der Waals surface area (Å²) in [4.78, 5) is 19.5. The number of carbonyl (C=O) groups is 1. The molecule has 2 saturated heterocycles. The van der Waals surface area contributed by atoms with Crippen molar-refractivity contribution in [2.24, 2.45) is 5.92 Å². The zero-order chi connectivity index (χ0) is 18.5. The quantitative estimate of drug-likeness (QED) is 0.804. The predicted octanol–water partition coefficient (Wildman–Crippen LogP) is 2.89. The molecule has 0 saturated carbocycles. The average molecular weight is 385 g/mol. The molecule has 0 aliphatic carbocycles. The highest BCUT2D eigenvalue weighted by atomic mass is 32.1. The van der Waals surface area contributed by atoms with Crippen LogP contribution in [0.4, 0.5) is 0 Å². The van der Waals surface area contributed by atoms with Gasteiger partial charge in [-0.05, 0) is 44.7 Å². The lowest BCUT2D eigenvalue weighted by molar-refractivity contribution is -0.123. The van der Waals surface area contributed by atoms with E-state index in [0.29, 0.717) is 5.92 Å². The first kappa shape index (κ1) is 18.6. The highest BCUT2D eigenvalue weighted by molar-refractivity contribution is 7.13. The fourth-order valence-electron chi connectivity index (χ4n) is 4.06. The van der Waals surface area contributed by atoms with Crippen LogP contribution < -0.4 is 10.6 Å². The summed E-state index contributed by atoms with van der Waals surface area (Å²) in [7, 11) is 0. The fourth-order valence-corrected chi connectivity index (χ4v) is 4.88. The summed E-state index contributed by atoms with van der Waals surface area (Å²) in [6.07, 6.45) is 4.46. The standard InChI is InChI=1S/C21H28N4OS/c26-20(19-9-4-10-22-19)23-12-16-6-5-11-25(13-16)14-18-15-27-21(24-18)17-7-2-1-3-8-17/h1-3,7-8,15-16,19,22H,4-6,9-14H2,(H,23,26). The summed E-state index contributed by atoms with van der Waals surface area (Å²) in [5.74, 6) is 0.716. The Morgan fingerprint density at radius 3 is 2.96 bits per heavy atom. The first-order valence-corrected chi connectivity index (χ1v) is 10.9. The minimum Gasteiger partial charge on any atom is -0.354 e. The lowest BCUT2D eigenvalue weighted by Gasteiger charge is -2.32. The Bertz CT molecular complexity index is 742. The van der Waals surface area contributed by atoms with Gasteiger partial charge in [0.05, 0.1) is 11.7 Å². The molecule has 0 bridgehead atoms. The lowest BCUT2D eigenvalue weighted by atomic mass is 9.97. The Labute approximate surface area is 165 Å². The normalized spacial score (nSPS) is 23.4. The van der Waals surface area contributed by atoms with Crippen LogP contribution in [0.15, 0.2) is 35.7 Å². The number of aromatic nitrogens is 1. The molecule has 0 spiro atoms. The van der Waals surface area contributed by atoms with E-state index < -0.39 is 0 Å². The van der Waals surface area contributed by atoms with Crippen LogP contribution in [0.5, 0.6) is 0 Å². The molecule has 1 aromatic carbocycles. The van der Waals surface area contributed by atoms with Crippen molar-refractivity contribution in [2.45, 2.75) is 38.3 Å². The molecule has 2 aliphatic heterocycles. The third-order valence-electron chi connectivity index (χ3n) is 5.50. The van der Waals surface area contributed by atoms with Gasteiger partial charge < -0.3 is 10.6 Å². The maximum absolute atomic E-state index is 12.2. The molecule has 2 aliphatic rings. The first-order valence-electron chi connectivity index (χ1n) is 10.0. The number of rotatable bonds is 6. The average Bonchev–Trinajstić information content (AvgIpc) is 3.39. The van der Waals surface area contributed by atoms with Crippen LogP contribution in [0.25, 0.3) is 10.6 Å². The fraction of sp³-hybridized carbons (Fsp3) is 0.524. The smallest absolute Gasteiger partial charge is 0.237 e. The highest BCUT2D eigenvalue weighted by Gasteiger charge is 2.25. The second-order valence-electron chi connectivity index (χ2n) is 7.65. The molecule has 2 atom stereocenters. The third-order valence-corrected chi connectivity index (χ3v) is 6.44. The number of hydrogen-bond acceptors (Lipinski definition) is 5. The van der Waals surface area contributed by atoms with E-state index in [4.69, 9.17) is 4.98 Å². The van der Waals surface area contributed by atoms with Gasteiger partial charge in [-0.3, -0.25) is 9.69 Å². The Hall–Kier alpha value is -1.76. The first-order chi connectivity index (χ1) is 13.3. The molecule has 1 aromatic heterocycles. The summed E-state index contributed by atoms with van der Waals surface area (Å²) in [6, 6.07) is 10.4. The highest BCUT2D eigenvalue weighted by Crippen LogP contribution is 2.25. The number of nitrogens with zero attached hydrogens (tertiary/aromatic N) is 2. The van der Waals surface area contributed by atoms with Gasteiger partial charge in [-0.2, -0.15) is 0 Å². The molecule has 4 rings (SSSR count). The van der Waals surface area contributed by atoms with E-state index in [1.807, 2.05) is 6.07 Å². The van der Waals surface area contributed by atoms with Crippen molar-refractivity contribution in [1.82, 2.24) is 20.5 Å². The van der Waals surface area contributed by atoms with Crippen molar-refractivity contribution in [3.8, 4) is 10.6 Å². The number of piperidine rings is 1.